The van der Waals surface area contributed by atoms with E-state index in [4.69, 9.17) is 4.99 Å². The predicted octanol–water partition coefficient (Wildman–Crippen LogP) is 4.87. The molecular formula is C23H35NO2. The zero-order valence-electron chi connectivity index (χ0n) is 17.0. The molecule has 6 atom stereocenters. The van der Waals surface area contributed by atoms with Gasteiger partial charge in [-0.15, -0.1) is 0 Å². The molecule has 144 valence electrons. The van der Waals surface area contributed by atoms with Crippen LogP contribution < -0.4 is 0 Å². The van der Waals surface area contributed by atoms with Gasteiger partial charge in [-0.2, -0.15) is 0 Å². The molecule has 0 amide bonds. The monoisotopic (exact) mass is 357 g/mol. The lowest BCUT2D eigenvalue weighted by Gasteiger charge is -2.56. The van der Waals surface area contributed by atoms with Crippen molar-refractivity contribution in [1.82, 2.24) is 0 Å². The average molecular weight is 358 g/mol. The lowest BCUT2D eigenvalue weighted by atomic mass is 9.49. The second-order valence-electron chi connectivity index (χ2n) is 10.5. The number of carbonyl (C=O) groups is 2. The Balaban J connectivity index is 1.60. The van der Waals surface area contributed by atoms with Gasteiger partial charge in [-0.25, -0.2) is 0 Å². The molecule has 3 heteroatoms. The molecule has 3 nitrogen and oxygen atoms in total. The molecule has 3 saturated carbocycles. The summed E-state index contributed by atoms with van der Waals surface area (Å²) in [6.07, 6.45) is 7.74. The van der Waals surface area contributed by atoms with Crippen LogP contribution in [0.15, 0.2) is 4.99 Å². The van der Waals surface area contributed by atoms with E-state index in [9.17, 15) is 9.59 Å². The molecule has 0 aromatic carbocycles. The van der Waals surface area contributed by atoms with E-state index in [1.807, 2.05) is 0 Å². The SMILES string of the molecule is CC(C)CC(=O)[C@H]1CCC2C3CN=C4CC(=O)CC[C@]4(C)C3CC[C@@]21C. The van der Waals surface area contributed by atoms with Crippen LogP contribution >= 0.6 is 0 Å². The summed E-state index contributed by atoms with van der Waals surface area (Å²) in [4.78, 5) is 29.9. The van der Waals surface area contributed by atoms with Crippen LogP contribution in [0.3, 0.4) is 0 Å². The van der Waals surface area contributed by atoms with Crippen LogP contribution in [0.1, 0.15) is 79.1 Å². The zero-order chi connectivity index (χ0) is 18.7. The molecule has 0 bridgehead atoms. The van der Waals surface area contributed by atoms with Crippen LogP contribution in [0.5, 0.6) is 0 Å². The summed E-state index contributed by atoms with van der Waals surface area (Å²) >= 11 is 0. The third-order valence-corrected chi connectivity index (χ3v) is 8.69. The Bertz CT molecular complexity index is 651. The molecule has 0 spiro atoms. The van der Waals surface area contributed by atoms with E-state index in [2.05, 4.69) is 27.7 Å². The molecule has 0 N–H and O–H groups in total. The third kappa shape index (κ3) is 2.64. The number of ketones is 2. The van der Waals surface area contributed by atoms with E-state index in [0.29, 0.717) is 41.7 Å². The Morgan fingerprint density at radius 1 is 1.15 bits per heavy atom. The van der Waals surface area contributed by atoms with Gasteiger partial charge in [-0.1, -0.05) is 27.7 Å². The first-order valence-electron chi connectivity index (χ1n) is 10.8. The first-order chi connectivity index (χ1) is 12.3. The van der Waals surface area contributed by atoms with Crippen molar-refractivity contribution in [2.75, 3.05) is 6.54 Å². The van der Waals surface area contributed by atoms with E-state index < -0.39 is 0 Å². The highest BCUT2D eigenvalue weighted by atomic mass is 16.1. The topological polar surface area (TPSA) is 46.5 Å². The van der Waals surface area contributed by atoms with Crippen molar-refractivity contribution < 1.29 is 9.59 Å². The van der Waals surface area contributed by atoms with Gasteiger partial charge in [0, 0.05) is 42.9 Å². The second-order valence-corrected chi connectivity index (χ2v) is 10.5. The van der Waals surface area contributed by atoms with Crippen LogP contribution in [0.2, 0.25) is 0 Å². The second kappa shape index (κ2) is 6.27. The quantitative estimate of drug-likeness (QED) is 0.723. The van der Waals surface area contributed by atoms with Crippen LogP contribution in [0, 0.1) is 40.4 Å². The number of rotatable bonds is 3. The molecule has 26 heavy (non-hydrogen) atoms. The van der Waals surface area contributed by atoms with Crippen LogP contribution in [-0.2, 0) is 9.59 Å². The van der Waals surface area contributed by atoms with Crippen LogP contribution in [0.4, 0.5) is 0 Å². The fourth-order valence-electron chi connectivity index (χ4n) is 7.28. The molecule has 3 unspecified atom stereocenters. The Morgan fingerprint density at radius 2 is 1.92 bits per heavy atom. The molecule has 0 radical (unpaired) electrons. The van der Waals surface area contributed by atoms with Gasteiger partial charge in [-0.05, 0) is 61.2 Å². The largest absolute Gasteiger partial charge is 0.299 e. The summed E-state index contributed by atoms with van der Waals surface area (Å²) in [5, 5.41) is 0. The fraction of sp³-hybridized carbons (Fsp3) is 0.870. The summed E-state index contributed by atoms with van der Waals surface area (Å²) in [7, 11) is 0. The van der Waals surface area contributed by atoms with E-state index in [-0.39, 0.29) is 16.7 Å². The lowest BCUT2D eigenvalue weighted by molar-refractivity contribution is -0.130. The van der Waals surface area contributed by atoms with Crippen molar-refractivity contribution in [3.05, 3.63) is 0 Å². The fourth-order valence-corrected chi connectivity index (χ4v) is 7.28. The van der Waals surface area contributed by atoms with Gasteiger partial charge in [0.2, 0.25) is 0 Å². The van der Waals surface area contributed by atoms with Gasteiger partial charge in [-0.3, -0.25) is 14.6 Å². The number of carbonyl (C=O) groups excluding carboxylic acids is 2. The van der Waals surface area contributed by atoms with Gasteiger partial charge in [0.1, 0.15) is 11.6 Å². The normalized spacial score (nSPS) is 45.0. The van der Waals surface area contributed by atoms with Crippen LogP contribution in [0.25, 0.3) is 0 Å². The minimum atomic E-state index is 0.137. The Hall–Kier alpha value is -0.990. The van der Waals surface area contributed by atoms with E-state index >= 15 is 0 Å². The predicted molar refractivity (Wildman–Crippen MR) is 104 cm³/mol. The minimum Gasteiger partial charge on any atom is -0.299 e. The standard InChI is InChI=1S/C23H35NO2/c1-14(2)11-20(26)19-6-5-17-16-13-24-21-12-15(25)7-9-23(21,4)18(16)8-10-22(17,19)3/h14,16-19H,5-13H2,1-4H3/t16?,17?,18?,19-,22+,23-/m1/s1. The summed E-state index contributed by atoms with van der Waals surface area (Å²) < 4.78 is 0. The first-order valence-corrected chi connectivity index (χ1v) is 10.8. The van der Waals surface area contributed by atoms with Crippen molar-refractivity contribution in [2.24, 2.45) is 45.4 Å². The maximum atomic E-state index is 12.9. The number of aliphatic imine (C=N–C) groups is 1. The van der Waals surface area contributed by atoms with Gasteiger partial charge in [0.25, 0.3) is 0 Å². The number of Topliss-reactive ketones (excluding diaryl/α,β-unsaturated/α-hetero) is 2. The Morgan fingerprint density at radius 3 is 2.65 bits per heavy atom. The van der Waals surface area contributed by atoms with Gasteiger partial charge < -0.3 is 0 Å². The minimum absolute atomic E-state index is 0.137. The highest BCUT2D eigenvalue weighted by molar-refractivity contribution is 6.07. The summed E-state index contributed by atoms with van der Waals surface area (Å²) in [6, 6.07) is 0. The van der Waals surface area contributed by atoms with Crippen molar-refractivity contribution >= 4 is 17.3 Å². The summed E-state index contributed by atoms with van der Waals surface area (Å²) in [5.41, 5.74) is 1.52. The van der Waals surface area contributed by atoms with Crippen molar-refractivity contribution in [2.45, 2.75) is 79.1 Å². The van der Waals surface area contributed by atoms with Crippen LogP contribution in [-0.4, -0.2) is 23.8 Å². The first kappa shape index (κ1) is 18.4. The number of hydrogen-bond acceptors (Lipinski definition) is 3. The average Bonchev–Trinajstić information content (AvgIpc) is 2.92. The molecule has 4 rings (SSSR count). The maximum Gasteiger partial charge on any atom is 0.138 e. The molecule has 1 aliphatic heterocycles. The number of hydrogen-bond donors (Lipinski definition) is 0. The molecule has 3 fully saturated rings. The summed E-state index contributed by atoms with van der Waals surface area (Å²) in [5.74, 6) is 3.54. The molecule has 3 aliphatic carbocycles. The lowest BCUT2D eigenvalue weighted by Crippen LogP contribution is -2.54. The molecule has 0 saturated heterocycles. The molecule has 4 aliphatic rings. The van der Waals surface area contributed by atoms with Crippen molar-refractivity contribution in [3.63, 3.8) is 0 Å². The summed E-state index contributed by atoms with van der Waals surface area (Å²) in [6.45, 7) is 10.0. The molecule has 0 aromatic heterocycles. The van der Waals surface area contributed by atoms with E-state index in [1.54, 1.807) is 0 Å². The zero-order valence-corrected chi connectivity index (χ0v) is 17.0. The van der Waals surface area contributed by atoms with Crippen molar-refractivity contribution in [1.29, 1.82) is 0 Å². The van der Waals surface area contributed by atoms with Gasteiger partial charge >= 0.3 is 0 Å². The third-order valence-electron chi connectivity index (χ3n) is 8.69. The smallest absolute Gasteiger partial charge is 0.138 e. The van der Waals surface area contributed by atoms with E-state index in [0.717, 1.165) is 32.2 Å². The highest BCUT2D eigenvalue weighted by Crippen LogP contribution is 2.64. The Labute approximate surface area is 158 Å². The van der Waals surface area contributed by atoms with Crippen molar-refractivity contribution in [3.8, 4) is 0 Å². The molecular weight excluding hydrogens is 322 g/mol. The Kier molecular flexibility index (Phi) is 4.44. The van der Waals surface area contributed by atoms with E-state index in [1.165, 1.54) is 25.0 Å². The number of nitrogens with zero attached hydrogens (tertiary/aromatic N) is 1. The number of fused-ring (bicyclic) bond motifs is 5. The maximum absolute atomic E-state index is 12.9. The highest BCUT2D eigenvalue weighted by Gasteiger charge is 2.60. The van der Waals surface area contributed by atoms with Gasteiger partial charge in [0.05, 0.1) is 0 Å². The molecule has 0 aromatic rings. The molecule has 1 heterocycles. The van der Waals surface area contributed by atoms with Gasteiger partial charge in [0.15, 0.2) is 0 Å².